The molecule has 0 aromatic heterocycles. The maximum Gasteiger partial charge on any atom is 0.239 e. The van der Waals surface area contributed by atoms with Crippen LogP contribution in [0.5, 0.6) is 0 Å². The molecule has 0 aliphatic carbocycles. The summed E-state index contributed by atoms with van der Waals surface area (Å²) in [6, 6.07) is 0.273. The van der Waals surface area contributed by atoms with Crippen LogP contribution in [0.1, 0.15) is 47.0 Å². The number of carbonyl (C=O) groups is 2. The van der Waals surface area contributed by atoms with E-state index in [1.54, 1.807) is 0 Å². The SMILES string of the molecule is CC(N)CCCC(C)C(=O)NCC(=O)NC(C)C. The fourth-order valence-electron chi connectivity index (χ4n) is 1.59. The van der Waals surface area contributed by atoms with Gasteiger partial charge in [-0.2, -0.15) is 0 Å². The van der Waals surface area contributed by atoms with Crippen molar-refractivity contribution in [3.63, 3.8) is 0 Å². The first kappa shape index (κ1) is 16.9. The molecule has 0 rings (SSSR count). The molecule has 5 heteroatoms. The van der Waals surface area contributed by atoms with E-state index in [1.807, 2.05) is 27.7 Å². The van der Waals surface area contributed by atoms with E-state index < -0.39 is 0 Å². The molecular formula is C13H27N3O2. The van der Waals surface area contributed by atoms with E-state index >= 15 is 0 Å². The molecule has 0 saturated heterocycles. The average Bonchev–Trinajstić information content (AvgIpc) is 2.24. The van der Waals surface area contributed by atoms with Crippen molar-refractivity contribution in [2.75, 3.05) is 6.54 Å². The number of amides is 2. The van der Waals surface area contributed by atoms with Crippen LogP contribution < -0.4 is 16.4 Å². The van der Waals surface area contributed by atoms with E-state index in [4.69, 9.17) is 5.73 Å². The summed E-state index contributed by atoms with van der Waals surface area (Å²) in [4.78, 5) is 23.0. The molecular weight excluding hydrogens is 230 g/mol. The lowest BCUT2D eigenvalue weighted by atomic mass is 10.0. The monoisotopic (exact) mass is 257 g/mol. The predicted octanol–water partition coefficient (Wildman–Crippen LogP) is 0.781. The van der Waals surface area contributed by atoms with Gasteiger partial charge in [0.2, 0.25) is 11.8 Å². The van der Waals surface area contributed by atoms with Gasteiger partial charge in [0.15, 0.2) is 0 Å². The van der Waals surface area contributed by atoms with Gasteiger partial charge in [-0.15, -0.1) is 0 Å². The summed E-state index contributed by atoms with van der Waals surface area (Å²) in [5, 5.41) is 5.37. The third-order valence-corrected chi connectivity index (χ3v) is 2.62. The topological polar surface area (TPSA) is 84.2 Å². The minimum absolute atomic E-state index is 0.0502. The van der Waals surface area contributed by atoms with Gasteiger partial charge in [-0.05, 0) is 33.6 Å². The van der Waals surface area contributed by atoms with Crippen LogP contribution in [-0.2, 0) is 9.59 Å². The Morgan fingerprint density at radius 2 is 1.72 bits per heavy atom. The van der Waals surface area contributed by atoms with Gasteiger partial charge in [-0.25, -0.2) is 0 Å². The first-order valence-corrected chi connectivity index (χ1v) is 6.65. The minimum atomic E-state index is -0.152. The van der Waals surface area contributed by atoms with Crippen LogP contribution in [0.4, 0.5) is 0 Å². The van der Waals surface area contributed by atoms with Crippen molar-refractivity contribution in [3.05, 3.63) is 0 Å². The fraction of sp³-hybridized carbons (Fsp3) is 0.846. The summed E-state index contributed by atoms with van der Waals surface area (Å²) in [6.07, 6.45) is 2.66. The quantitative estimate of drug-likeness (QED) is 0.601. The predicted molar refractivity (Wildman–Crippen MR) is 73.0 cm³/mol. The number of hydrogen-bond acceptors (Lipinski definition) is 3. The smallest absolute Gasteiger partial charge is 0.239 e. The summed E-state index contributed by atoms with van der Waals surface area (Å²) in [5.74, 6) is -0.296. The molecule has 2 atom stereocenters. The summed E-state index contributed by atoms with van der Waals surface area (Å²) >= 11 is 0. The molecule has 0 aromatic carbocycles. The molecule has 5 nitrogen and oxygen atoms in total. The Kier molecular flexibility index (Phi) is 8.37. The second kappa shape index (κ2) is 8.91. The van der Waals surface area contributed by atoms with Gasteiger partial charge in [0.05, 0.1) is 6.54 Å². The van der Waals surface area contributed by atoms with Gasteiger partial charge in [-0.3, -0.25) is 9.59 Å². The van der Waals surface area contributed by atoms with E-state index in [1.165, 1.54) is 0 Å². The molecule has 2 amide bonds. The number of nitrogens with one attached hydrogen (secondary N) is 2. The Morgan fingerprint density at radius 3 is 2.22 bits per heavy atom. The van der Waals surface area contributed by atoms with Crippen LogP contribution >= 0.6 is 0 Å². The molecule has 0 aromatic rings. The van der Waals surface area contributed by atoms with Crippen molar-refractivity contribution in [1.82, 2.24) is 10.6 Å². The van der Waals surface area contributed by atoms with Crippen LogP contribution in [0, 0.1) is 5.92 Å². The highest BCUT2D eigenvalue weighted by atomic mass is 16.2. The highest BCUT2D eigenvalue weighted by molar-refractivity contribution is 5.85. The zero-order valence-corrected chi connectivity index (χ0v) is 12.0. The molecule has 0 heterocycles. The van der Waals surface area contributed by atoms with Crippen molar-refractivity contribution in [2.45, 2.75) is 59.0 Å². The van der Waals surface area contributed by atoms with Crippen molar-refractivity contribution >= 4 is 11.8 Å². The van der Waals surface area contributed by atoms with Gasteiger partial charge in [0, 0.05) is 18.0 Å². The second-order valence-electron chi connectivity index (χ2n) is 5.25. The Morgan fingerprint density at radius 1 is 1.11 bits per heavy atom. The van der Waals surface area contributed by atoms with Crippen LogP contribution in [0.15, 0.2) is 0 Å². The average molecular weight is 257 g/mol. The number of carbonyl (C=O) groups excluding carboxylic acids is 2. The summed E-state index contributed by atoms with van der Waals surface area (Å²) < 4.78 is 0. The zero-order valence-electron chi connectivity index (χ0n) is 12.0. The fourth-order valence-corrected chi connectivity index (χ4v) is 1.59. The van der Waals surface area contributed by atoms with Gasteiger partial charge < -0.3 is 16.4 Å². The number of nitrogens with two attached hydrogens (primary N) is 1. The lowest BCUT2D eigenvalue weighted by molar-refractivity contribution is -0.128. The molecule has 0 aliphatic heterocycles. The molecule has 0 bridgehead atoms. The van der Waals surface area contributed by atoms with Crippen molar-refractivity contribution < 1.29 is 9.59 Å². The Hall–Kier alpha value is -1.10. The Balaban J connectivity index is 3.77. The highest BCUT2D eigenvalue weighted by Crippen LogP contribution is 2.08. The van der Waals surface area contributed by atoms with Crippen molar-refractivity contribution in [1.29, 1.82) is 0 Å². The maximum atomic E-state index is 11.7. The zero-order chi connectivity index (χ0) is 14.1. The first-order chi connectivity index (χ1) is 8.32. The van der Waals surface area contributed by atoms with Crippen LogP contribution in [-0.4, -0.2) is 30.4 Å². The second-order valence-corrected chi connectivity index (χ2v) is 5.25. The lowest BCUT2D eigenvalue weighted by Gasteiger charge is -2.13. The summed E-state index contributed by atoms with van der Waals surface area (Å²) in [5.41, 5.74) is 5.65. The summed E-state index contributed by atoms with van der Waals surface area (Å²) in [7, 11) is 0. The molecule has 0 aliphatic rings. The standard InChI is InChI=1S/C13H27N3O2/c1-9(2)16-12(17)8-15-13(18)10(3)6-5-7-11(4)14/h9-11H,5-8,14H2,1-4H3,(H,15,18)(H,16,17). The lowest BCUT2D eigenvalue weighted by Crippen LogP contribution is -2.41. The maximum absolute atomic E-state index is 11.7. The van der Waals surface area contributed by atoms with Gasteiger partial charge in [0.25, 0.3) is 0 Å². The first-order valence-electron chi connectivity index (χ1n) is 6.65. The molecule has 0 fully saturated rings. The minimum Gasteiger partial charge on any atom is -0.352 e. The van der Waals surface area contributed by atoms with E-state index in [0.717, 1.165) is 19.3 Å². The van der Waals surface area contributed by atoms with Crippen molar-refractivity contribution in [3.8, 4) is 0 Å². The van der Waals surface area contributed by atoms with Gasteiger partial charge in [0.1, 0.15) is 0 Å². The molecule has 0 saturated carbocycles. The van der Waals surface area contributed by atoms with Gasteiger partial charge in [-0.1, -0.05) is 13.3 Å². The number of hydrogen-bond donors (Lipinski definition) is 3. The highest BCUT2D eigenvalue weighted by Gasteiger charge is 2.13. The third kappa shape index (κ3) is 8.98. The van der Waals surface area contributed by atoms with E-state index in [9.17, 15) is 9.59 Å². The number of rotatable bonds is 8. The third-order valence-electron chi connectivity index (χ3n) is 2.62. The Bertz CT molecular complexity index is 265. The molecule has 18 heavy (non-hydrogen) atoms. The summed E-state index contributed by atoms with van der Waals surface area (Å²) in [6.45, 7) is 7.65. The van der Waals surface area contributed by atoms with Gasteiger partial charge >= 0.3 is 0 Å². The van der Waals surface area contributed by atoms with Crippen LogP contribution in [0.25, 0.3) is 0 Å². The van der Waals surface area contributed by atoms with E-state index in [2.05, 4.69) is 10.6 Å². The van der Waals surface area contributed by atoms with Crippen molar-refractivity contribution in [2.24, 2.45) is 11.7 Å². The normalized spacial score (nSPS) is 14.1. The van der Waals surface area contributed by atoms with E-state index in [-0.39, 0.29) is 36.4 Å². The molecule has 2 unspecified atom stereocenters. The Labute approximate surface area is 110 Å². The van der Waals surface area contributed by atoms with Crippen LogP contribution in [0.3, 0.4) is 0 Å². The molecule has 106 valence electrons. The molecule has 4 N–H and O–H groups in total. The largest absolute Gasteiger partial charge is 0.352 e. The molecule has 0 radical (unpaired) electrons. The van der Waals surface area contributed by atoms with Crippen LogP contribution in [0.2, 0.25) is 0 Å². The van der Waals surface area contributed by atoms with E-state index in [0.29, 0.717) is 0 Å². The molecule has 0 spiro atoms.